The molecule has 0 aliphatic carbocycles. The highest BCUT2D eigenvalue weighted by molar-refractivity contribution is 5.47. The summed E-state index contributed by atoms with van der Waals surface area (Å²) < 4.78 is 32.3. The molecule has 1 aliphatic heterocycles. The molecule has 236 valence electrons. The molecule has 0 radical (unpaired) electrons. The summed E-state index contributed by atoms with van der Waals surface area (Å²) in [6.07, 6.45) is 2.20. The van der Waals surface area contributed by atoms with Gasteiger partial charge in [-0.05, 0) is 78.3 Å². The third-order valence-corrected chi connectivity index (χ3v) is 8.25. The van der Waals surface area contributed by atoms with E-state index in [1.807, 2.05) is 60.7 Å². The molecule has 46 heavy (non-hydrogen) atoms. The monoisotopic (exact) mass is 614 g/mol. The molecule has 0 bridgehead atoms. The molecular formula is C41H42O5. The summed E-state index contributed by atoms with van der Waals surface area (Å²) in [5, 5.41) is 0. The number of aryl methyl sites for hydroxylation is 3. The van der Waals surface area contributed by atoms with E-state index in [1.54, 1.807) is 0 Å². The molecule has 5 heteroatoms. The van der Waals surface area contributed by atoms with Gasteiger partial charge in [0.15, 0.2) is 17.3 Å². The summed E-state index contributed by atoms with van der Waals surface area (Å²) >= 11 is 0. The molecule has 0 spiro atoms. The first-order chi connectivity index (χ1) is 22.6. The predicted octanol–water partition coefficient (Wildman–Crippen LogP) is 9.26. The van der Waals surface area contributed by atoms with Crippen LogP contribution in [-0.2, 0) is 41.5 Å². The van der Waals surface area contributed by atoms with Gasteiger partial charge in [-0.25, -0.2) is 0 Å². The third kappa shape index (κ3) is 7.97. The normalized spacial score (nSPS) is 14.0. The van der Waals surface area contributed by atoms with Gasteiger partial charge < -0.3 is 23.7 Å². The zero-order valence-corrected chi connectivity index (χ0v) is 26.7. The van der Waals surface area contributed by atoms with Gasteiger partial charge in [-0.15, -0.1) is 0 Å². The maximum Gasteiger partial charge on any atom is 0.198 e. The smallest absolute Gasteiger partial charge is 0.198 e. The molecule has 5 nitrogen and oxygen atoms in total. The first-order valence-electron chi connectivity index (χ1n) is 16.1. The number of benzene rings is 5. The average Bonchev–Trinajstić information content (AvgIpc) is 3.10. The van der Waals surface area contributed by atoms with E-state index >= 15 is 0 Å². The van der Waals surface area contributed by atoms with E-state index in [0.717, 1.165) is 62.6 Å². The van der Waals surface area contributed by atoms with Gasteiger partial charge in [-0.1, -0.05) is 103 Å². The fourth-order valence-electron chi connectivity index (χ4n) is 5.97. The first-order valence-corrected chi connectivity index (χ1v) is 16.1. The fraction of sp³-hybridized carbons (Fsp3) is 0.268. The van der Waals surface area contributed by atoms with Gasteiger partial charge in [-0.3, -0.25) is 0 Å². The van der Waals surface area contributed by atoms with Crippen molar-refractivity contribution in [3.8, 4) is 17.2 Å². The SMILES string of the molecule is Cc1cc(C)c(C2(CCc3ccc(OCc4ccccc4)c(OCc4ccccc4)c3)OCCCO2)c(OCc2ccccc2)c1. The lowest BCUT2D eigenvalue weighted by Crippen LogP contribution is -2.39. The molecule has 0 unspecified atom stereocenters. The van der Waals surface area contributed by atoms with Crippen LogP contribution in [-0.4, -0.2) is 13.2 Å². The molecule has 1 saturated heterocycles. The minimum atomic E-state index is -0.921. The zero-order valence-electron chi connectivity index (χ0n) is 26.7. The second kappa shape index (κ2) is 15.1. The van der Waals surface area contributed by atoms with Crippen molar-refractivity contribution < 1.29 is 23.7 Å². The highest BCUT2D eigenvalue weighted by atomic mass is 16.7. The second-order valence-electron chi connectivity index (χ2n) is 11.9. The van der Waals surface area contributed by atoms with E-state index in [1.165, 1.54) is 0 Å². The number of hydrogen-bond donors (Lipinski definition) is 0. The number of ether oxygens (including phenoxy) is 5. The molecule has 1 fully saturated rings. The first kappa shape index (κ1) is 31.4. The van der Waals surface area contributed by atoms with E-state index in [9.17, 15) is 0 Å². The van der Waals surface area contributed by atoms with Crippen LogP contribution < -0.4 is 14.2 Å². The maximum absolute atomic E-state index is 6.58. The Hall–Kier alpha value is -4.58. The van der Waals surface area contributed by atoms with E-state index in [0.29, 0.717) is 45.9 Å². The van der Waals surface area contributed by atoms with E-state index in [-0.39, 0.29) is 0 Å². The average molecular weight is 615 g/mol. The van der Waals surface area contributed by atoms with E-state index in [2.05, 4.69) is 74.5 Å². The van der Waals surface area contributed by atoms with Crippen molar-refractivity contribution in [2.75, 3.05) is 13.2 Å². The Balaban J connectivity index is 1.25. The van der Waals surface area contributed by atoms with Crippen LogP contribution in [0, 0.1) is 13.8 Å². The molecule has 0 amide bonds. The molecular weight excluding hydrogens is 572 g/mol. The molecule has 5 aromatic rings. The van der Waals surface area contributed by atoms with Gasteiger partial charge in [0, 0.05) is 6.42 Å². The van der Waals surface area contributed by atoms with Crippen molar-refractivity contribution in [2.24, 2.45) is 0 Å². The highest BCUT2D eigenvalue weighted by Crippen LogP contribution is 2.43. The van der Waals surface area contributed by atoms with Crippen LogP contribution in [0.4, 0.5) is 0 Å². The quantitative estimate of drug-likeness (QED) is 0.132. The van der Waals surface area contributed by atoms with Gasteiger partial charge in [-0.2, -0.15) is 0 Å². The lowest BCUT2D eigenvalue weighted by Gasteiger charge is -2.39. The minimum Gasteiger partial charge on any atom is -0.488 e. The largest absolute Gasteiger partial charge is 0.488 e. The van der Waals surface area contributed by atoms with Crippen molar-refractivity contribution in [1.82, 2.24) is 0 Å². The summed E-state index contributed by atoms with van der Waals surface area (Å²) in [6.45, 7) is 6.86. The topological polar surface area (TPSA) is 46.2 Å². The lowest BCUT2D eigenvalue weighted by molar-refractivity contribution is -0.280. The van der Waals surface area contributed by atoms with Crippen LogP contribution in [0.25, 0.3) is 0 Å². The van der Waals surface area contributed by atoms with Crippen LogP contribution in [0.3, 0.4) is 0 Å². The van der Waals surface area contributed by atoms with Crippen LogP contribution in [0.15, 0.2) is 121 Å². The maximum atomic E-state index is 6.58. The molecule has 6 rings (SSSR count). The summed E-state index contributed by atoms with van der Waals surface area (Å²) in [4.78, 5) is 0. The van der Waals surface area contributed by atoms with Crippen LogP contribution in [0.5, 0.6) is 17.2 Å². The summed E-state index contributed by atoms with van der Waals surface area (Å²) in [5.41, 5.74) is 7.64. The summed E-state index contributed by atoms with van der Waals surface area (Å²) in [6, 6.07) is 41.1. The Bertz CT molecular complexity index is 1680. The zero-order chi connectivity index (χ0) is 31.6. The minimum absolute atomic E-state index is 0.451. The van der Waals surface area contributed by atoms with Gasteiger partial charge >= 0.3 is 0 Å². The van der Waals surface area contributed by atoms with Crippen molar-refractivity contribution in [1.29, 1.82) is 0 Å². The van der Waals surface area contributed by atoms with Gasteiger partial charge in [0.2, 0.25) is 0 Å². The van der Waals surface area contributed by atoms with Crippen LogP contribution >= 0.6 is 0 Å². The van der Waals surface area contributed by atoms with E-state index in [4.69, 9.17) is 23.7 Å². The number of hydrogen-bond acceptors (Lipinski definition) is 5. The Kier molecular flexibility index (Phi) is 10.3. The molecule has 0 saturated carbocycles. The van der Waals surface area contributed by atoms with Crippen molar-refractivity contribution in [3.05, 3.63) is 160 Å². The van der Waals surface area contributed by atoms with Gasteiger partial charge in [0.25, 0.3) is 0 Å². The standard InChI is InChI=1S/C41H42O5/c1-31-25-32(2)40(39(26-31)44-30-36-17-10-5-11-18-36)41(45-23-12-24-46-41)22-21-33-19-20-37(42-28-34-13-6-3-7-14-34)38(27-33)43-29-35-15-8-4-9-16-35/h3-11,13-20,25-27H,12,21-24,28-30H2,1-2H3. The Morgan fingerprint density at radius 2 is 1.07 bits per heavy atom. The Morgan fingerprint density at radius 1 is 0.543 bits per heavy atom. The molecule has 0 aromatic heterocycles. The van der Waals surface area contributed by atoms with Gasteiger partial charge in [0.1, 0.15) is 25.6 Å². The third-order valence-electron chi connectivity index (χ3n) is 8.25. The predicted molar refractivity (Wildman–Crippen MR) is 181 cm³/mol. The van der Waals surface area contributed by atoms with Crippen molar-refractivity contribution in [2.45, 2.75) is 58.7 Å². The second-order valence-corrected chi connectivity index (χ2v) is 11.9. The summed E-state index contributed by atoms with van der Waals surface area (Å²) in [7, 11) is 0. The Labute approximate surface area is 272 Å². The summed E-state index contributed by atoms with van der Waals surface area (Å²) in [5.74, 6) is 1.32. The number of rotatable bonds is 13. The fourth-order valence-corrected chi connectivity index (χ4v) is 5.97. The highest BCUT2D eigenvalue weighted by Gasteiger charge is 2.40. The Morgan fingerprint density at radius 3 is 1.63 bits per heavy atom. The lowest BCUT2D eigenvalue weighted by atomic mass is 9.91. The van der Waals surface area contributed by atoms with Crippen LogP contribution in [0.1, 0.15) is 51.8 Å². The molecule has 0 atom stereocenters. The molecule has 1 heterocycles. The van der Waals surface area contributed by atoms with Crippen LogP contribution in [0.2, 0.25) is 0 Å². The van der Waals surface area contributed by atoms with Crippen molar-refractivity contribution >= 4 is 0 Å². The van der Waals surface area contributed by atoms with Crippen molar-refractivity contribution in [3.63, 3.8) is 0 Å². The molecule has 5 aromatic carbocycles. The van der Waals surface area contributed by atoms with Gasteiger partial charge in [0.05, 0.1) is 18.8 Å². The molecule has 0 N–H and O–H groups in total. The molecule has 1 aliphatic rings. The van der Waals surface area contributed by atoms with E-state index < -0.39 is 5.79 Å².